The molecular weight excluding hydrogens is 311 g/mol. The van der Waals surface area contributed by atoms with Crippen LogP contribution in [-0.4, -0.2) is 29.3 Å². The predicted molar refractivity (Wildman–Crippen MR) is 76.6 cm³/mol. The van der Waals surface area contributed by atoms with Gasteiger partial charge in [0.25, 0.3) is 0 Å². The summed E-state index contributed by atoms with van der Waals surface area (Å²) in [6.45, 7) is 2.00. The molecule has 1 aromatic carbocycles. The minimum Gasteiger partial charge on any atom is -0.365 e. The van der Waals surface area contributed by atoms with Crippen molar-refractivity contribution in [3.05, 3.63) is 34.6 Å². The second kappa shape index (κ2) is 5.30. The Hall–Kier alpha value is -1.40. The Bertz CT molecular complexity index is 578. The topological polar surface area (TPSA) is 52.7 Å². The summed E-state index contributed by atoms with van der Waals surface area (Å²) in [6.07, 6.45) is 1.10. The number of benzene rings is 1. The molecule has 1 aromatic heterocycles. The Morgan fingerprint density at radius 3 is 3.00 bits per heavy atom. The van der Waals surface area contributed by atoms with E-state index in [0.717, 1.165) is 36.6 Å². The number of aromatic nitrogens is 2. The maximum absolute atomic E-state index is 13.1. The predicted octanol–water partition coefficient (Wildman–Crippen LogP) is 2.75. The second-order valence-electron chi connectivity index (χ2n) is 4.63. The van der Waals surface area contributed by atoms with Crippen molar-refractivity contribution >= 4 is 21.7 Å². The van der Waals surface area contributed by atoms with Gasteiger partial charge in [-0.15, -0.1) is 0 Å². The number of aromatic amines is 1. The number of hydrogen-bond acceptors (Lipinski definition) is 3. The Morgan fingerprint density at radius 2 is 2.26 bits per heavy atom. The van der Waals surface area contributed by atoms with Gasteiger partial charge in [0, 0.05) is 28.7 Å². The van der Waals surface area contributed by atoms with E-state index < -0.39 is 0 Å². The lowest BCUT2D eigenvalue weighted by Gasteiger charge is -2.08. The van der Waals surface area contributed by atoms with E-state index in [9.17, 15) is 4.39 Å². The van der Waals surface area contributed by atoms with Crippen molar-refractivity contribution in [2.24, 2.45) is 0 Å². The normalized spacial score (nSPS) is 18.7. The molecule has 6 heteroatoms. The van der Waals surface area contributed by atoms with Crippen LogP contribution in [0.4, 0.5) is 10.2 Å². The van der Waals surface area contributed by atoms with E-state index in [0.29, 0.717) is 10.5 Å². The SMILES string of the molecule is Fc1ccc(-c2cc(NC3CCNC3)n[nH]2)c(Br)c1. The second-order valence-corrected chi connectivity index (χ2v) is 5.48. The minimum absolute atomic E-state index is 0.259. The summed E-state index contributed by atoms with van der Waals surface area (Å²) in [6, 6.07) is 6.98. The molecule has 1 fully saturated rings. The lowest BCUT2D eigenvalue weighted by Crippen LogP contribution is -2.22. The zero-order valence-electron chi connectivity index (χ0n) is 10.2. The standard InChI is InChI=1S/C13H14BrFN4/c14-11-5-8(15)1-2-10(11)12-6-13(19-18-12)17-9-3-4-16-7-9/h1-2,5-6,9,16H,3-4,7H2,(H2,17,18,19). The van der Waals surface area contributed by atoms with E-state index >= 15 is 0 Å². The van der Waals surface area contributed by atoms with Crippen molar-refractivity contribution < 1.29 is 4.39 Å². The number of anilines is 1. The van der Waals surface area contributed by atoms with E-state index in [1.165, 1.54) is 12.1 Å². The van der Waals surface area contributed by atoms with Gasteiger partial charge in [0.2, 0.25) is 0 Å². The zero-order valence-corrected chi connectivity index (χ0v) is 11.8. The number of H-pyrrole nitrogens is 1. The summed E-state index contributed by atoms with van der Waals surface area (Å²) in [5.41, 5.74) is 1.76. The first-order chi connectivity index (χ1) is 9.22. The summed E-state index contributed by atoms with van der Waals surface area (Å²) in [5.74, 6) is 0.561. The Kier molecular flexibility index (Phi) is 3.52. The summed E-state index contributed by atoms with van der Waals surface area (Å²) >= 11 is 3.36. The van der Waals surface area contributed by atoms with Crippen LogP contribution in [0.15, 0.2) is 28.7 Å². The first kappa shape index (κ1) is 12.6. The molecule has 1 aliphatic rings. The Balaban J connectivity index is 1.80. The summed E-state index contributed by atoms with van der Waals surface area (Å²) in [4.78, 5) is 0. The van der Waals surface area contributed by atoms with Crippen LogP contribution in [0.25, 0.3) is 11.3 Å². The summed E-state index contributed by atoms with van der Waals surface area (Å²) in [5, 5.41) is 13.9. The smallest absolute Gasteiger partial charge is 0.148 e. The monoisotopic (exact) mass is 324 g/mol. The largest absolute Gasteiger partial charge is 0.365 e. The molecule has 0 aliphatic carbocycles. The molecule has 2 aromatic rings. The van der Waals surface area contributed by atoms with Crippen molar-refractivity contribution in [2.45, 2.75) is 12.5 Å². The highest BCUT2D eigenvalue weighted by Crippen LogP contribution is 2.28. The lowest BCUT2D eigenvalue weighted by atomic mass is 10.1. The molecule has 0 saturated carbocycles. The van der Waals surface area contributed by atoms with Crippen molar-refractivity contribution in [1.82, 2.24) is 15.5 Å². The first-order valence-corrected chi connectivity index (χ1v) is 7.00. The number of halogens is 2. The van der Waals surface area contributed by atoms with Gasteiger partial charge in [0.1, 0.15) is 11.6 Å². The van der Waals surface area contributed by atoms with Gasteiger partial charge < -0.3 is 10.6 Å². The zero-order chi connectivity index (χ0) is 13.2. The molecule has 0 radical (unpaired) electrons. The van der Waals surface area contributed by atoms with Crippen LogP contribution in [0.5, 0.6) is 0 Å². The molecule has 0 bridgehead atoms. The highest BCUT2D eigenvalue weighted by molar-refractivity contribution is 9.10. The molecular formula is C13H14BrFN4. The third-order valence-corrected chi connectivity index (χ3v) is 3.87. The Labute approximate surface area is 118 Å². The van der Waals surface area contributed by atoms with Crippen LogP contribution >= 0.6 is 15.9 Å². The molecule has 3 rings (SSSR count). The molecule has 19 heavy (non-hydrogen) atoms. The van der Waals surface area contributed by atoms with Gasteiger partial charge >= 0.3 is 0 Å². The number of rotatable bonds is 3. The fourth-order valence-electron chi connectivity index (χ4n) is 2.23. The first-order valence-electron chi connectivity index (χ1n) is 6.20. The van der Waals surface area contributed by atoms with E-state index in [1.807, 2.05) is 6.07 Å². The number of hydrogen-bond donors (Lipinski definition) is 3. The van der Waals surface area contributed by atoms with Crippen molar-refractivity contribution in [3.63, 3.8) is 0 Å². The fourth-order valence-corrected chi connectivity index (χ4v) is 2.79. The van der Waals surface area contributed by atoms with Gasteiger partial charge in [-0.25, -0.2) is 4.39 Å². The molecule has 1 saturated heterocycles. The molecule has 100 valence electrons. The van der Waals surface area contributed by atoms with Crippen LogP contribution < -0.4 is 10.6 Å². The van der Waals surface area contributed by atoms with Gasteiger partial charge in [-0.1, -0.05) is 0 Å². The Morgan fingerprint density at radius 1 is 1.37 bits per heavy atom. The van der Waals surface area contributed by atoms with Crippen LogP contribution in [0.3, 0.4) is 0 Å². The van der Waals surface area contributed by atoms with Crippen LogP contribution in [-0.2, 0) is 0 Å². The van der Waals surface area contributed by atoms with Crippen LogP contribution in [0, 0.1) is 5.82 Å². The van der Waals surface area contributed by atoms with Crippen LogP contribution in [0.2, 0.25) is 0 Å². The van der Waals surface area contributed by atoms with Crippen LogP contribution in [0.1, 0.15) is 6.42 Å². The highest BCUT2D eigenvalue weighted by atomic mass is 79.9. The average molecular weight is 325 g/mol. The van der Waals surface area contributed by atoms with Gasteiger partial charge in [-0.05, 0) is 47.1 Å². The fraction of sp³-hybridized carbons (Fsp3) is 0.308. The molecule has 3 N–H and O–H groups in total. The molecule has 1 atom stereocenters. The summed E-state index contributed by atoms with van der Waals surface area (Å²) < 4.78 is 13.8. The maximum Gasteiger partial charge on any atom is 0.148 e. The average Bonchev–Trinajstić information content (AvgIpc) is 3.01. The molecule has 2 heterocycles. The third-order valence-electron chi connectivity index (χ3n) is 3.21. The third kappa shape index (κ3) is 2.79. The highest BCUT2D eigenvalue weighted by Gasteiger charge is 2.15. The molecule has 4 nitrogen and oxygen atoms in total. The molecule has 0 amide bonds. The van der Waals surface area contributed by atoms with Gasteiger partial charge in [-0.3, -0.25) is 5.10 Å². The van der Waals surface area contributed by atoms with Crippen molar-refractivity contribution in [3.8, 4) is 11.3 Å². The minimum atomic E-state index is -0.259. The van der Waals surface area contributed by atoms with Gasteiger partial charge in [0.05, 0.1) is 5.69 Å². The number of nitrogens with zero attached hydrogens (tertiary/aromatic N) is 1. The number of nitrogens with one attached hydrogen (secondary N) is 3. The molecule has 1 aliphatic heterocycles. The molecule has 1 unspecified atom stereocenters. The quantitative estimate of drug-likeness (QED) is 0.813. The van der Waals surface area contributed by atoms with E-state index in [-0.39, 0.29) is 5.82 Å². The van der Waals surface area contributed by atoms with E-state index in [2.05, 4.69) is 36.8 Å². The molecule has 0 spiro atoms. The van der Waals surface area contributed by atoms with Gasteiger partial charge in [-0.2, -0.15) is 5.10 Å². The maximum atomic E-state index is 13.1. The van der Waals surface area contributed by atoms with E-state index in [4.69, 9.17) is 0 Å². The summed E-state index contributed by atoms with van der Waals surface area (Å²) in [7, 11) is 0. The lowest BCUT2D eigenvalue weighted by molar-refractivity contribution is 0.627. The van der Waals surface area contributed by atoms with Crippen molar-refractivity contribution in [1.29, 1.82) is 0 Å². The van der Waals surface area contributed by atoms with Crippen molar-refractivity contribution in [2.75, 3.05) is 18.4 Å². The van der Waals surface area contributed by atoms with E-state index in [1.54, 1.807) is 6.07 Å². The van der Waals surface area contributed by atoms with Gasteiger partial charge in [0.15, 0.2) is 0 Å².